The van der Waals surface area contributed by atoms with Gasteiger partial charge in [0.25, 0.3) is 0 Å². The smallest absolute Gasteiger partial charge is 0.462 e. The molecule has 1 unspecified atom stereocenters. The Hall–Kier alpha value is -1.55. The van der Waals surface area contributed by atoms with Crippen molar-refractivity contribution >= 4 is 19.8 Å². The number of aliphatic hydroxyl groups is 2. The van der Waals surface area contributed by atoms with Gasteiger partial charge in [0.2, 0.25) is 0 Å². The Kier molecular flexibility index (Phi) is 31.9. The van der Waals surface area contributed by atoms with Crippen LogP contribution in [0.1, 0.15) is 155 Å². The maximum Gasteiger partial charge on any atom is 0.472 e. The van der Waals surface area contributed by atoms with Gasteiger partial charge in [-0.2, -0.15) is 0 Å². The molecule has 0 aliphatic heterocycles. The summed E-state index contributed by atoms with van der Waals surface area (Å²) in [5.41, 5.74) is 0. The number of allylic oxidation sites excluding steroid dienone is 4. The minimum absolute atomic E-state index is 0.163. The lowest BCUT2D eigenvalue weighted by molar-refractivity contribution is -0.161. The molecule has 0 aromatic carbocycles. The number of carbonyl (C=O) groups excluding carboxylic acids is 2. The molecule has 0 saturated heterocycles. The topological polar surface area (TPSA) is 149 Å². The molecule has 0 radical (unpaired) electrons. The maximum absolute atomic E-state index is 12.5. The summed E-state index contributed by atoms with van der Waals surface area (Å²) < 4.78 is 32.5. The minimum atomic E-state index is -4.61. The molecule has 0 heterocycles. The van der Waals surface area contributed by atoms with E-state index in [-0.39, 0.29) is 19.4 Å². The molecule has 0 rings (SSSR count). The van der Waals surface area contributed by atoms with Gasteiger partial charge < -0.3 is 24.6 Å². The van der Waals surface area contributed by atoms with Gasteiger partial charge in [0, 0.05) is 12.8 Å². The van der Waals surface area contributed by atoms with Crippen molar-refractivity contribution in [3.05, 3.63) is 24.3 Å². The van der Waals surface area contributed by atoms with Crippen LogP contribution in [-0.2, 0) is 32.7 Å². The number of hydrogen-bond donors (Lipinski definition) is 3. The third-order valence-electron chi connectivity index (χ3n) is 7.58. The highest BCUT2D eigenvalue weighted by Crippen LogP contribution is 2.43. The molecule has 0 aromatic rings. The van der Waals surface area contributed by atoms with Crippen molar-refractivity contribution in [2.45, 2.75) is 167 Å². The Bertz CT molecular complexity index is 848. The van der Waals surface area contributed by atoms with Crippen molar-refractivity contribution < 1.29 is 47.8 Å². The second kappa shape index (κ2) is 33.0. The fourth-order valence-electron chi connectivity index (χ4n) is 4.67. The van der Waals surface area contributed by atoms with Crippen molar-refractivity contribution in [2.24, 2.45) is 0 Å². The molecule has 0 aliphatic rings. The first-order chi connectivity index (χ1) is 22.7. The summed E-state index contributed by atoms with van der Waals surface area (Å²) in [6.45, 7) is 2.28. The molecule has 0 fully saturated rings. The first-order valence-electron chi connectivity index (χ1n) is 18.3. The molecule has 0 saturated carbocycles. The van der Waals surface area contributed by atoms with Crippen molar-refractivity contribution in [3.8, 4) is 0 Å². The summed E-state index contributed by atoms with van der Waals surface area (Å²) in [4.78, 5) is 34.7. The van der Waals surface area contributed by atoms with Crippen LogP contribution < -0.4 is 0 Å². The molecule has 0 aromatic heterocycles. The van der Waals surface area contributed by atoms with E-state index in [0.717, 1.165) is 64.2 Å². The molecule has 3 N–H and O–H groups in total. The zero-order chi connectivity index (χ0) is 34.9. The van der Waals surface area contributed by atoms with Crippen LogP contribution >= 0.6 is 7.82 Å². The standard InChI is InChI=1S/C36H67O10P/c1-3-5-7-9-11-13-15-16-18-20-22-24-26-28-36(40)46-34(32-45-47(41,42)44-30-33(38)29-37)31-43-35(39)27-25-23-21-19-17-14-12-10-8-6-4-2/h10,12,16,18,33-34,37-38H,3-9,11,13-15,17,19-32H2,1-2H3,(H,41,42)/b12-10+,18-16+/t33-,34+/m0/s1. The highest BCUT2D eigenvalue weighted by molar-refractivity contribution is 7.47. The second-order valence-electron chi connectivity index (χ2n) is 12.2. The lowest BCUT2D eigenvalue weighted by Crippen LogP contribution is -2.29. The Morgan fingerprint density at radius 3 is 1.62 bits per heavy atom. The Morgan fingerprint density at radius 1 is 0.617 bits per heavy atom. The van der Waals surface area contributed by atoms with Gasteiger partial charge >= 0.3 is 19.8 Å². The van der Waals surface area contributed by atoms with Gasteiger partial charge in [0.1, 0.15) is 12.7 Å². The summed E-state index contributed by atoms with van der Waals surface area (Å²) in [7, 11) is -4.61. The van der Waals surface area contributed by atoms with E-state index < -0.39 is 51.8 Å². The van der Waals surface area contributed by atoms with Gasteiger partial charge in [-0.1, -0.05) is 109 Å². The van der Waals surface area contributed by atoms with E-state index in [9.17, 15) is 24.2 Å². The van der Waals surface area contributed by atoms with Gasteiger partial charge in [0.15, 0.2) is 6.10 Å². The third-order valence-corrected chi connectivity index (χ3v) is 8.53. The van der Waals surface area contributed by atoms with Gasteiger partial charge in [-0.25, -0.2) is 4.57 Å². The van der Waals surface area contributed by atoms with Crippen molar-refractivity contribution in [2.75, 3.05) is 26.4 Å². The summed E-state index contributed by atoms with van der Waals surface area (Å²) in [6.07, 6.45) is 28.7. The van der Waals surface area contributed by atoms with E-state index >= 15 is 0 Å². The fraction of sp³-hybridized carbons (Fsp3) is 0.833. The number of phosphoric ester groups is 1. The van der Waals surface area contributed by atoms with E-state index in [4.69, 9.17) is 19.1 Å². The highest BCUT2D eigenvalue weighted by Gasteiger charge is 2.27. The molecule has 47 heavy (non-hydrogen) atoms. The predicted molar refractivity (Wildman–Crippen MR) is 187 cm³/mol. The maximum atomic E-state index is 12.5. The fourth-order valence-corrected chi connectivity index (χ4v) is 5.46. The van der Waals surface area contributed by atoms with E-state index in [1.807, 2.05) is 0 Å². The number of hydrogen-bond acceptors (Lipinski definition) is 9. The number of phosphoric acid groups is 1. The van der Waals surface area contributed by atoms with E-state index in [1.54, 1.807) is 0 Å². The van der Waals surface area contributed by atoms with Crippen LogP contribution in [0.15, 0.2) is 24.3 Å². The summed E-state index contributed by atoms with van der Waals surface area (Å²) in [5.74, 6) is -0.957. The average molecular weight is 691 g/mol. The van der Waals surface area contributed by atoms with E-state index in [0.29, 0.717) is 12.8 Å². The number of ether oxygens (including phenoxy) is 2. The van der Waals surface area contributed by atoms with Crippen LogP contribution in [0.5, 0.6) is 0 Å². The lowest BCUT2D eigenvalue weighted by atomic mass is 10.1. The largest absolute Gasteiger partial charge is 0.472 e. The molecule has 11 heteroatoms. The first kappa shape index (κ1) is 45.5. The van der Waals surface area contributed by atoms with Gasteiger partial charge in [0.05, 0.1) is 19.8 Å². The van der Waals surface area contributed by atoms with Crippen LogP contribution in [-0.4, -0.2) is 65.7 Å². The van der Waals surface area contributed by atoms with Gasteiger partial charge in [-0.05, 0) is 57.8 Å². The third kappa shape index (κ3) is 32.8. The lowest BCUT2D eigenvalue weighted by Gasteiger charge is -2.20. The van der Waals surface area contributed by atoms with Crippen molar-refractivity contribution in [1.82, 2.24) is 0 Å². The summed E-state index contributed by atoms with van der Waals surface area (Å²) >= 11 is 0. The van der Waals surface area contributed by atoms with Crippen LogP contribution in [0, 0.1) is 0 Å². The molecule has 3 atom stereocenters. The number of carbonyl (C=O) groups is 2. The quantitative estimate of drug-likeness (QED) is 0.0259. The van der Waals surface area contributed by atoms with Crippen molar-refractivity contribution in [1.29, 1.82) is 0 Å². The second-order valence-corrected chi connectivity index (χ2v) is 13.7. The molecule has 0 spiro atoms. The Labute approximate surface area is 285 Å². The Balaban J connectivity index is 4.44. The van der Waals surface area contributed by atoms with Crippen LogP contribution in [0.25, 0.3) is 0 Å². The molecule has 0 bridgehead atoms. The summed E-state index contributed by atoms with van der Waals surface area (Å²) in [6, 6.07) is 0. The van der Waals surface area contributed by atoms with Gasteiger partial charge in [-0.15, -0.1) is 0 Å². The summed E-state index contributed by atoms with van der Waals surface area (Å²) in [5, 5.41) is 18.2. The molecular formula is C36H67O10P. The zero-order valence-corrected chi connectivity index (χ0v) is 30.4. The number of rotatable bonds is 34. The van der Waals surface area contributed by atoms with Crippen LogP contribution in [0.4, 0.5) is 0 Å². The molecule has 10 nitrogen and oxygen atoms in total. The molecule has 0 aliphatic carbocycles. The number of unbranched alkanes of at least 4 members (excludes halogenated alkanes) is 16. The molecule has 0 amide bonds. The predicted octanol–water partition coefficient (Wildman–Crippen LogP) is 8.66. The van der Waals surface area contributed by atoms with Crippen molar-refractivity contribution in [3.63, 3.8) is 0 Å². The first-order valence-corrected chi connectivity index (χ1v) is 19.8. The van der Waals surface area contributed by atoms with Gasteiger partial charge in [-0.3, -0.25) is 18.6 Å². The van der Waals surface area contributed by atoms with Crippen LogP contribution in [0.2, 0.25) is 0 Å². The van der Waals surface area contributed by atoms with E-state index in [2.05, 4.69) is 42.7 Å². The SMILES string of the molecule is CCCC/C=C/CCCCCCCC(=O)OC[C@H](COP(=O)(O)OC[C@@H](O)CO)OC(=O)CCCCC/C=C/CCCCCCCC. The number of esters is 2. The normalized spacial score (nSPS) is 14.4. The minimum Gasteiger partial charge on any atom is -0.462 e. The zero-order valence-electron chi connectivity index (χ0n) is 29.5. The number of aliphatic hydroxyl groups excluding tert-OH is 2. The molecule has 276 valence electrons. The van der Waals surface area contributed by atoms with E-state index in [1.165, 1.54) is 51.4 Å². The average Bonchev–Trinajstić information content (AvgIpc) is 3.05. The monoisotopic (exact) mass is 690 g/mol. The Morgan fingerprint density at radius 2 is 1.06 bits per heavy atom. The highest BCUT2D eigenvalue weighted by atomic mass is 31.2. The van der Waals surface area contributed by atoms with Crippen LogP contribution in [0.3, 0.4) is 0 Å². The molecular weight excluding hydrogens is 623 g/mol.